The van der Waals surface area contributed by atoms with Crippen molar-refractivity contribution in [3.05, 3.63) is 28.8 Å². The van der Waals surface area contributed by atoms with Crippen LogP contribution in [0.4, 0.5) is 0 Å². The van der Waals surface area contributed by atoms with E-state index >= 15 is 0 Å². The molecule has 0 atom stereocenters. The molecule has 0 aliphatic heterocycles. The number of rotatable bonds is 2. The molecule has 0 heterocycles. The van der Waals surface area contributed by atoms with E-state index in [1.807, 2.05) is 0 Å². The van der Waals surface area contributed by atoms with Crippen LogP contribution >= 0.6 is 11.6 Å². The van der Waals surface area contributed by atoms with E-state index < -0.39 is 0 Å². The van der Waals surface area contributed by atoms with E-state index in [0.29, 0.717) is 10.6 Å². The summed E-state index contributed by atoms with van der Waals surface area (Å²) in [5.41, 5.74) is 0.612. The Balaban J connectivity index is 2.93. The van der Waals surface area contributed by atoms with Crippen LogP contribution in [0.15, 0.2) is 23.3 Å². The lowest BCUT2D eigenvalue weighted by Gasteiger charge is -2.03. The first-order valence-corrected chi connectivity index (χ1v) is 4.17. The minimum atomic E-state index is 0.176. The van der Waals surface area contributed by atoms with Crippen molar-refractivity contribution < 1.29 is 5.11 Å². The molecule has 4 heteroatoms. The van der Waals surface area contributed by atoms with Gasteiger partial charge in [0.15, 0.2) is 0 Å². The fourth-order valence-corrected chi connectivity index (χ4v) is 0.987. The van der Waals surface area contributed by atoms with Gasteiger partial charge in [0.2, 0.25) is 0 Å². The Morgan fingerprint density at radius 1 is 1.46 bits per heavy atom. The van der Waals surface area contributed by atoms with Crippen molar-refractivity contribution in [2.75, 3.05) is 14.1 Å². The van der Waals surface area contributed by atoms with E-state index in [2.05, 4.69) is 5.10 Å². The maximum atomic E-state index is 9.38. The third kappa shape index (κ3) is 2.95. The molecule has 0 aliphatic rings. The van der Waals surface area contributed by atoms with Crippen LogP contribution in [-0.2, 0) is 0 Å². The van der Waals surface area contributed by atoms with Crippen molar-refractivity contribution in [2.24, 2.45) is 5.10 Å². The molecule has 1 aromatic carbocycles. The van der Waals surface area contributed by atoms with Crippen molar-refractivity contribution in [1.82, 2.24) is 5.01 Å². The Morgan fingerprint density at radius 2 is 2.15 bits per heavy atom. The van der Waals surface area contributed by atoms with E-state index in [1.165, 1.54) is 0 Å². The third-order valence-electron chi connectivity index (χ3n) is 1.42. The molecular weight excluding hydrogens is 188 g/mol. The van der Waals surface area contributed by atoms with Crippen LogP contribution in [0.2, 0.25) is 5.02 Å². The highest BCUT2D eigenvalue weighted by Crippen LogP contribution is 2.19. The lowest BCUT2D eigenvalue weighted by Crippen LogP contribution is -2.01. The molecule has 3 nitrogen and oxygen atoms in total. The summed E-state index contributed by atoms with van der Waals surface area (Å²) in [6.07, 6.45) is 1.56. The highest BCUT2D eigenvalue weighted by atomic mass is 35.5. The van der Waals surface area contributed by atoms with Gasteiger partial charge in [-0.15, -0.1) is 0 Å². The molecule has 0 spiro atoms. The molecule has 13 heavy (non-hydrogen) atoms. The maximum Gasteiger partial charge on any atom is 0.124 e. The average molecular weight is 199 g/mol. The molecule has 0 amide bonds. The van der Waals surface area contributed by atoms with E-state index in [9.17, 15) is 5.11 Å². The monoisotopic (exact) mass is 198 g/mol. The Kier molecular flexibility index (Phi) is 3.14. The molecule has 0 aliphatic carbocycles. The van der Waals surface area contributed by atoms with Gasteiger partial charge in [0.1, 0.15) is 5.75 Å². The SMILES string of the molecule is CN(C)/N=C\c1cc(Cl)ccc1O. The van der Waals surface area contributed by atoms with E-state index in [-0.39, 0.29) is 5.75 Å². The normalized spacial score (nSPS) is 10.7. The van der Waals surface area contributed by atoms with Crippen molar-refractivity contribution >= 4 is 17.8 Å². The number of nitrogens with zero attached hydrogens (tertiary/aromatic N) is 2. The number of benzene rings is 1. The summed E-state index contributed by atoms with van der Waals surface area (Å²) >= 11 is 5.75. The molecule has 0 aromatic heterocycles. The number of hydrazone groups is 1. The summed E-state index contributed by atoms with van der Waals surface area (Å²) in [4.78, 5) is 0. The molecule has 0 saturated heterocycles. The topological polar surface area (TPSA) is 35.8 Å². The first kappa shape index (κ1) is 9.86. The molecule has 0 saturated carbocycles. The molecule has 70 valence electrons. The quantitative estimate of drug-likeness (QED) is 0.583. The van der Waals surface area contributed by atoms with Crippen LogP contribution in [0.1, 0.15) is 5.56 Å². The zero-order valence-electron chi connectivity index (χ0n) is 7.53. The molecule has 0 radical (unpaired) electrons. The van der Waals surface area contributed by atoms with Crippen LogP contribution in [0.5, 0.6) is 5.75 Å². The molecule has 1 aromatic rings. The summed E-state index contributed by atoms with van der Waals surface area (Å²) in [6.45, 7) is 0. The number of halogens is 1. The number of phenols is 1. The second-order valence-corrected chi connectivity index (χ2v) is 3.23. The molecule has 1 N–H and O–H groups in total. The van der Waals surface area contributed by atoms with Crippen molar-refractivity contribution in [1.29, 1.82) is 0 Å². The van der Waals surface area contributed by atoms with Gasteiger partial charge in [0, 0.05) is 24.7 Å². The smallest absolute Gasteiger partial charge is 0.124 e. The fraction of sp³-hybridized carbons (Fsp3) is 0.222. The first-order valence-electron chi connectivity index (χ1n) is 3.79. The lowest BCUT2D eigenvalue weighted by molar-refractivity contribution is 0.439. The molecule has 0 fully saturated rings. The molecular formula is C9H11ClN2O. The van der Waals surface area contributed by atoms with Gasteiger partial charge in [-0.05, 0) is 18.2 Å². The van der Waals surface area contributed by atoms with Crippen molar-refractivity contribution in [3.63, 3.8) is 0 Å². The number of hydrogen-bond acceptors (Lipinski definition) is 3. The predicted molar refractivity (Wildman–Crippen MR) is 54.4 cm³/mol. The molecule has 1 rings (SSSR count). The van der Waals surface area contributed by atoms with Crippen LogP contribution < -0.4 is 0 Å². The number of hydrogen-bond donors (Lipinski definition) is 1. The number of phenolic OH excluding ortho intramolecular Hbond substituents is 1. The first-order chi connectivity index (χ1) is 6.09. The summed E-state index contributed by atoms with van der Waals surface area (Å²) in [6, 6.07) is 4.83. The van der Waals surface area contributed by atoms with Gasteiger partial charge >= 0.3 is 0 Å². The second kappa shape index (κ2) is 4.14. The van der Waals surface area contributed by atoms with Gasteiger partial charge in [-0.25, -0.2) is 0 Å². The largest absolute Gasteiger partial charge is 0.507 e. The van der Waals surface area contributed by atoms with Crippen LogP contribution in [0.3, 0.4) is 0 Å². The van der Waals surface area contributed by atoms with Gasteiger partial charge < -0.3 is 10.1 Å². The third-order valence-corrected chi connectivity index (χ3v) is 1.65. The highest BCUT2D eigenvalue weighted by molar-refractivity contribution is 6.30. The Labute approximate surface area is 82.2 Å². The Morgan fingerprint density at radius 3 is 2.77 bits per heavy atom. The fourth-order valence-electron chi connectivity index (χ4n) is 0.806. The minimum Gasteiger partial charge on any atom is -0.507 e. The zero-order chi connectivity index (χ0) is 9.84. The van der Waals surface area contributed by atoms with Crippen molar-refractivity contribution in [2.45, 2.75) is 0 Å². The van der Waals surface area contributed by atoms with Gasteiger partial charge in [-0.1, -0.05) is 11.6 Å². The van der Waals surface area contributed by atoms with E-state index in [0.717, 1.165) is 0 Å². The van der Waals surface area contributed by atoms with Gasteiger partial charge in [0.05, 0.1) is 6.21 Å². The predicted octanol–water partition coefficient (Wildman–Crippen LogP) is 1.94. The number of aromatic hydroxyl groups is 1. The van der Waals surface area contributed by atoms with Crippen LogP contribution in [0.25, 0.3) is 0 Å². The lowest BCUT2D eigenvalue weighted by atomic mass is 10.2. The molecule has 0 unspecified atom stereocenters. The summed E-state index contributed by atoms with van der Waals surface area (Å²) in [7, 11) is 3.61. The van der Waals surface area contributed by atoms with E-state index in [1.54, 1.807) is 43.5 Å². The van der Waals surface area contributed by atoms with Gasteiger partial charge in [0.25, 0.3) is 0 Å². The summed E-state index contributed by atoms with van der Waals surface area (Å²) in [5.74, 6) is 0.176. The Bertz CT molecular complexity index is 323. The standard InChI is InChI=1S/C9H11ClN2O/c1-12(2)11-6-7-5-8(10)3-4-9(7)13/h3-6,13H,1-2H3/b11-6-. The second-order valence-electron chi connectivity index (χ2n) is 2.79. The van der Waals surface area contributed by atoms with Gasteiger partial charge in [-0.3, -0.25) is 0 Å². The van der Waals surface area contributed by atoms with Gasteiger partial charge in [-0.2, -0.15) is 5.10 Å². The zero-order valence-corrected chi connectivity index (χ0v) is 8.28. The van der Waals surface area contributed by atoms with Crippen LogP contribution in [-0.4, -0.2) is 30.4 Å². The summed E-state index contributed by atoms with van der Waals surface area (Å²) < 4.78 is 0. The summed E-state index contributed by atoms with van der Waals surface area (Å²) in [5, 5.41) is 15.6. The van der Waals surface area contributed by atoms with Crippen molar-refractivity contribution in [3.8, 4) is 5.75 Å². The maximum absolute atomic E-state index is 9.38. The van der Waals surface area contributed by atoms with Crippen LogP contribution in [0, 0.1) is 0 Å². The minimum absolute atomic E-state index is 0.176. The molecule has 0 bridgehead atoms. The highest BCUT2D eigenvalue weighted by Gasteiger charge is 1.98. The average Bonchev–Trinajstić information content (AvgIpc) is 2.06. The van der Waals surface area contributed by atoms with E-state index in [4.69, 9.17) is 11.6 Å². The Hall–Kier alpha value is -1.22.